The maximum absolute atomic E-state index is 12.0. The molecule has 118 valence electrons. The zero-order valence-electron chi connectivity index (χ0n) is 10.9. The molecule has 0 saturated carbocycles. The van der Waals surface area contributed by atoms with E-state index in [4.69, 9.17) is 0 Å². The molecule has 1 saturated heterocycles. The Morgan fingerprint density at radius 3 is 2.24 bits per heavy atom. The molecule has 1 heterocycles. The normalized spacial score (nSPS) is 17.5. The Morgan fingerprint density at radius 1 is 1.14 bits per heavy atom. The second-order valence-electron chi connectivity index (χ2n) is 4.33. The van der Waals surface area contributed by atoms with Crippen LogP contribution in [-0.4, -0.2) is 45.3 Å². The van der Waals surface area contributed by atoms with Crippen LogP contribution in [0.25, 0.3) is 0 Å². The highest BCUT2D eigenvalue weighted by molar-refractivity contribution is 7.90. The van der Waals surface area contributed by atoms with Crippen molar-refractivity contribution in [3.05, 3.63) is 24.3 Å². The van der Waals surface area contributed by atoms with Crippen LogP contribution in [0.1, 0.15) is 0 Å². The van der Waals surface area contributed by atoms with Gasteiger partial charge >= 0.3 is 16.6 Å². The molecule has 1 aromatic rings. The summed E-state index contributed by atoms with van der Waals surface area (Å²) in [7, 11) is -3.70. The summed E-state index contributed by atoms with van der Waals surface area (Å²) in [5.74, 6) is -0.410. The van der Waals surface area contributed by atoms with E-state index < -0.39 is 22.3 Å². The van der Waals surface area contributed by atoms with Crippen LogP contribution in [0.3, 0.4) is 0 Å². The molecule has 1 aromatic carbocycles. The number of alkyl halides is 3. The first-order valence-electron chi connectivity index (χ1n) is 6.11. The molecule has 0 aliphatic carbocycles. The largest absolute Gasteiger partial charge is 0.573 e. The molecule has 10 heteroatoms. The fourth-order valence-electron chi connectivity index (χ4n) is 1.82. The van der Waals surface area contributed by atoms with Crippen LogP contribution < -0.4 is 14.8 Å². The Balaban J connectivity index is 2.02. The van der Waals surface area contributed by atoms with Gasteiger partial charge in [0.2, 0.25) is 0 Å². The van der Waals surface area contributed by atoms with Crippen LogP contribution >= 0.6 is 0 Å². The number of benzene rings is 1. The number of halogens is 3. The average Bonchev–Trinajstić information content (AvgIpc) is 2.40. The molecule has 0 aromatic heterocycles. The lowest BCUT2D eigenvalue weighted by atomic mass is 10.3. The number of ether oxygens (including phenoxy) is 1. The molecule has 0 radical (unpaired) electrons. The number of anilines is 1. The van der Waals surface area contributed by atoms with E-state index in [1.165, 1.54) is 16.4 Å². The third kappa shape index (κ3) is 4.76. The lowest BCUT2D eigenvalue weighted by molar-refractivity contribution is -0.274. The molecular weight excluding hydrogens is 311 g/mol. The van der Waals surface area contributed by atoms with E-state index in [0.717, 1.165) is 12.1 Å². The smallest absolute Gasteiger partial charge is 0.406 e. The van der Waals surface area contributed by atoms with Crippen LogP contribution in [0, 0.1) is 0 Å². The summed E-state index contributed by atoms with van der Waals surface area (Å²) in [6.45, 7) is 1.79. The van der Waals surface area contributed by atoms with E-state index in [9.17, 15) is 21.6 Å². The van der Waals surface area contributed by atoms with Gasteiger partial charge in [0.1, 0.15) is 5.75 Å². The van der Waals surface area contributed by atoms with Gasteiger partial charge < -0.3 is 10.1 Å². The van der Waals surface area contributed by atoms with Gasteiger partial charge in [-0.1, -0.05) is 0 Å². The number of rotatable bonds is 4. The maximum atomic E-state index is 12.0. The van der Waals surface area contributed by atoms with E-state index in [1.54, 1.807) is 0 Å². The lowest BCUT2D eigenvalue weighted by Crippen LogP contribution is -2.48. The SMILES string of the molecule is O=S(=O)(Nc1ccc(OC(F)(F)F)cc1)N1CCNCC1. The van der Waals surface area contributed by atoms with Crippen molar-refractivity contribution in [3.8, 4) is 5.75 Å². The van der Waals surface area contributed by atoms with Crippen molar-refractivity contribution in [3.63, 3.8) is 0 Å². The van der Waals surface area contributed by atoms with Crippen molar-refractivity contribution in [2.45, 2.75) is 6.36 Å². The number of hydrogen-bond donors (Lipinski definition) is 2. The van der Waals surface area contributed by atoms with Crippen molar-refractivity contribution >= 4 is 15.9 Å². The first-order valence-corrected chi connectivity index (χ1v) is 7.55. The molecular formula is C11H14F3N3O3S. The first kappa shape index (κ1) is 15.9. The van der Waals surface area contributed by atoms with Crippen LogP contribution in [0.5, 0.6) is 5.75 Å². The number of piperazine rings is 1. The third-order valence-corrected chi connectivity index (χ3v) is 4.29. The molecule has 2 rings (SSSR count). The van der Waals surface area contributed by atoms with Crippen molar-refractivity contribution < 1.29 is 26.3 Å². The minimum atomic E-state index is -4.78. The predicted molar refractivity (Wildman–Crippen MR) is 70.1 cm³/mol. The monoisotopic (exact) mass is 325 g/mol. The topological polar surface area (TPSA) is 70.7 Å². The molecule has 0 spiro atoms. The molecule has 1 aliphatic rings. The summed E-state index contributed by atoms with van der Waals surface area (Å²) in [6.07, 6.45) is -4.78. The van der Waals surface area contributed by atoms with Gasteiger partial charge in [0.05, 0.1) is 5.69 Å². The van der Waals surface area contributed by atoms with Crippen LogP contribution in [0.15, 0.2) is 24.3 Å². The van der Waals surface area contributed by atoms with E-state index >= 15 is 0 Å². The Labute approximate surface area is 120 Å². The van der Waals surface area contributed by atoms with Crippen molar-refractivity contribution in [2.75, 3.05) is 30.9 Å². The van der Waals surface area contributed by atoms with E-state index in [1.807, 2.05) is 0 Å². The standard InChI is InChI=1S/C11H14F3N3O3S/c12-11(13,14)20-10-3-1-9(2-4-10)16-21(18,19)17-7-5-15-6-8-17/h1-4,15-16H,5-8H2. The Hall–Kier alpha value is -1.52. The Morgan fingerprint density at radius 2 is 1.71 bits per heavy atom. The summed E-state index contributed by atoms with van der Waals surface area (Å²) in [5, 5.41) is 3.02. The summed E-state index contributed by atoms with van der Waals surface area (Å²) in [6, 6.07) is 4.51. The van der Waals surface area contributed by atoms with Crippen LogP contribution in [0.4, 0.5) is 18.9 Å². The molecule has 1 fully saturated rings. The van der Waals surface area contributed by atoms with Crippen LogP contribution in [0.2, 0.25) is 0 Å². The quantitative estimate of drug-likeness (QED) is 0.871. The minimum Gasteiger partial charge on any atom is -0.406 e. The molecule has 21 heavy (non-hydrogen) atoms. The zero-order chi connectivity index (χ0) is 15.5. The van der Waals surface area contributed by atoms with Crippen molar-refractivity contribution in [2.24, 2.45) is 0 Å². The number of nitrogens with zero attached hydrogens (tertiary/aromatic N) is 1. The van der Waals surface area contributed by atoms with Crippen molar-refractivity contribution in [1.29, 1.82) is 0 Å². The molecule has 0 atom stereocenters. The van der Waals surface area contributed by atoms with Gasteiger partial charge in [-0.15, -0.1) is 13.2 Å². The van der Waals surface area contributed by atoms with Crippen molar-refractivity contribution in [1.82, 2.24) is 9.62 Å². The van der Waals surface area contributed by atoms with E-state index in [-0.39, 0.29) is 5.69 Å². The summed E-state index contributed by atoms with van der Waals surface area (Å²) >= 11 is 0. The number of nitrogens with one attached hydrogen (secondary N) is 2. The van der Waals surface area contributed by atoms with E-state index in [2.05, 4.69) is 14.8 Å². The highest BCUT2D eigenvalue weighted by atomic mass is 32.2. The summed E-state index contributed by atoms with van der Waals surface area (Å²) in [5.41, 5.74) is 0.169. The fraction of sp³-hybridized carbons (Fsp3) is 0.455. The third-order valence-electron chi connectivity index (χ3n) is 2.75. The molecule has 1 aliphatic heterocycles. The molecule has 2 N–H and O–H groups in total. The van der Waals surface area contributed by atoms with Crippen LogP contribution in [-0.2, 0) is 10.2 Å². The second kappa shape index (κ2) is 6.08. The van der Waals surface area contributed by atoms with Gasteiger partial charge in [-0.25, -0.2) is 0 Å². The molecule has 0 bridgehead atoms. The fourth-order valence-corrected chi connectivity index (χ4v) is 3.05. The second-order valence-corrected chi connectivity index (χ2v) is 6.00. The van der Waals surface area contributed by atoms with Gasteiger partial charge in [0.15, 0.2) is 0 Å². The minimum absolute atomic E-state index is 0.169. The highest BCUT2D eigenvalue weighted by Crippen LogP contribution is 2.24. The van der Waals surface area contributed by atoms with E-state index in [0.29, 0.717) is 26.2 Å². The average molecular weight is 325 g/mol. The highest BCUT2D eigenvalue weighted by Gasteiger charge is 2.31. The molecule has 0 amide bonds. The lowest BCUT2D eigenvalue weighted by Gasteiger charge is -2.26. The Bertz CT molecular complexity index is 569. The number of hydrogen-bond acceptors (Lipinski definition) is 4. The maximum Gasteiger partial charge on any atom is 0.573 e. The van der Waals surface area contributed by atoms with Gasteiger partial charge in [0.25, 0.3) is 0 Å². The molecule has 6 nitrogen and oxygen atoms in total. The first-order chi connectivity index (χ1) is 9.76. The Kier molecular flexibility index (Phi) is 4.59. The zero-order valence-corrected chi connectivity index (χ0v) is 11.7. The van der Waals surface area contributed by atoms with Gasteiger partial charge in [-0.3, -0.25) is 4.72 Å². The molecule has 0 unspecified atom stereocenters. The van der Waals surface area contributed by atoms with Gasteiger partial charge in [0, 0.05) is 26.2 Å². The predicted octanol–water partition coefficient (Wildman–Crippen LogP) is 1.15. The summed E-state index contributed by atoms with van der Waals surface area (Å²) in [4.78, 5) is 0. The summed E-state index contributed by atoms with van der Waals surface area (Å²) < 4.78 is 67.4. The van der Waals surface area contributed by atoms with Gasteiger partial charge in [-0.05, 0) is 24.3 Å². The van der Waals surface area contributed by atoms with Gasteiger partial charge in [-0.2, -0.15) is 12.7 Å².